The predicted octanol–water partition coefficient (Wildman–Crippen LogP) is 3.75. The Labute approximate surface area is 124 Å². The van der Waals surface area contributed by atoms with Gasteiger partial charge < -0.3 is 10.3 Å². The molecule has 0 aliphatic rings. The molecular formula is C17H23FN2O. The first-order chi connectivity index (χ1) is 9.79. The third-order valence-corrected chi connectivity index (χ3v) is 3.69. The van der Waals surface area contributed by atoms with Gasteiger partial charge in [-0.05, 0) is 29.7 Å². The quantitative estimate of drug-likeness (QED) is 0.865. The summed E-state index contributed by atoms with van der Waals surface area (Å²) >= 11 is 0. The fourth-order valence-corrected chi connectivity index (χ4v) is 2.52. The second-order valence-electron chi connectivity index (χ2n) is 6.65. The number of aromatic amines is 1. The number of rotatable bonds is 5. The number of benzene rings is 1. The highest BCUT2D eigenvalue weighted by atomic mass is 19.1. The van der Waals surface area contributed by atoms with Crippen molar-refractivity contribution in [1.82, 2.24) is 10.3 Å². The molecule has 1 amide bonds. The topological polar surface area (TPSA) is 44.9 Å². The molecule has 3 nitrogen and oxygen atoms in total. The minimum Gasteiger partial charge on any atom is -0.361 e. The molecule has 0 atom stereocenters. The third kappa shape index (κ3) is 3.63. The van der Waals surface area contributed by atoms with Gasteiger partial charge in [0, 0.05) is 35.5 Å². The van der Waals surface area contributed by atoms with Gasteiger partial charge in [-0.2, -0.15) is 0 Å². The number of fused-ring (bicyclic) bond motifs is 1. The van der Waals surface area contributed by atoms with E-state index in [9.17, 15) is 9.18 Å². The zero-order valence-corrected chi connectivity index (χ0v) is 13.1. The molecule has 21 heavy (non-hydrogen) atoms. The van der Waals surface area contributed by atoms with Crippen molar-refractivity contribution >= 4 is 16.8 Å². The first-order valence-corrected chi connectivity index (χ1v) is 7.33. The number of hydrogen-bond acceptors (Lipinski definition) is 1. The summed E-state index contributed by atoms with van der Waals surface area (Å²) in [5.74, 6) is 0.173. The zero-order valence-electron chi connectivity index (χ0n) is 13.1. The van der Waals surface area contributed by atoms with E-state index in [0.29, 0.717) is 18.9 Å². The van der Waals surface area contributed by atoms with E-state index in [1.165, 1.54) is 12.1 Å². The van der Waals surface area contributed by atoms with Gasteiger partial charge in [0.25, 0.3) is 0 Å². The van der Waals surface area contributed by atoms with Gasteiger partial charge in [-0.15, -0.1) is 0 Å². The monoisotopic (exact) mass is 290 g/mol. The Bertz CT molecular complexity index is 643. The summed E-state index contributed by atoms with van der Waals surface area (Å²) in [7, 11) is 0. The van der Waals surface area contributed by atoms with E-state index in [0.717, 1.165) is 16.5 Å². The van der Waals surface area contributed by atoms with Crippen LogP contribution in [0.4, 0.5) is 4.39 Å². The van der Waals surface area contributed by atoms with Gasteiger partial charge in [-0.25, -0.2) is 4.39 Å². The second-order valence-corrected chi connectivity index (χ2v) is 6.65. The van der Waals surface area contributed by atoms with Gasteiger partial charge in [-0.1, -0.05) is 27.7 Å². The number of amides is 1. The molecule has 2 N–H and O–H groups in total. The van der Waals surface area contributed by atoms with Crippen LogP contribution in [0.2, 0.25) is 0 Å². The van der Waals surface area contributed by atoms with Crippen LogP contribution in [0.5, 0.6) is 0 Å². The molecule has 1 aromatic heterocycles. The lowest BCUT2D eigenvalue weighted by Gasteiger charge is -2.25. The average Bonchev–Trinajstić information content (AvgIpc) is 2.79. The second kappa shape index (κ2) is 5.88. The van der Waals surface area contributed by atoms with Crippen molar-refractivity contribution in [3.05, 3.63) is 35.8 Å². The first kappa shape index (κ1) is 15.5. The van der Waals surface area contributed by atoms with Crippen LogP contribution in [0.25, 0.3) is 10.9 Å². The highest BCUT2D eigenvalue weighted by Crippen LogP contribution is 2.30. The third-order valence-electron chi connectivity index (χ3n) is 3.69. The maximum Gasteiger partial charge on any atom is 0.220 e. The predicted molar refractivity (Wildman–Crippen MR) is 83.7 cm³/mol. The number of carbonyl (C=O) groups excluding carboxylic acids is 1. The Balaban J connectivity index is 2.16. The summed E-state index contributed by atoms with van der Waals surface area (Å²) in [4.78, 5) is 14.9. The Morgan fingerprint density at radius 3 is 2.76 bits per heavy atom. The zero-order chi connectivity index (χ0) is 15.6. The van der Waals surface area contributed by atoms with Gasteiger partial charge in [0.15, 0.2) is 0 Å². The van der Waals surface area contributed by atoms with Crippen LogP contribution in [0.1, 0.15) is 39.7 Å². The summed E-state index contributed by atoms with van der Waals surface area (Å²) in [5.41, 5.74) is 1.65. The normalized spacial score (nSPS) is 12.1. The molecule has 0 aliphatic heterocycles. The Kier molecular flexibility index (Phi) is 4.35. The summed E-state index contributed by atoms with van der Waals surface area (Å²) in [6, 6.07) is 4.74. The van der Waals surface area contributed by atoms with Crippen LogP contribution < -0.4 is 5.32 Å². The van der Waals surface area contributed by atoms with Gasteiger partial charge >= 0.3 is 0 Å². The highest BCUT2D eigenvalue weighted by molar-refractivity contribution is 5.84. The molecule has 0 radical (unpaired) electrons. The fraction of sp³-hybridized carbons (Fsp3) is 0.471. The number of nitrogens with one attached hydrogen (secondary N) is 2. The molecule has 0 unspecified atom stereocenters. The van der Waals surface area contributed by atoms with Crippen LogP contribution in [0, 0.1) is 11.7 Å². The summed E-state index contributed by atoms with van der Waals surface area (Å²) in [6.07, 6.45) is 2.44. The number of halogens is 1. The lowest BCUT2D eigenvalue weighted by atomic mass is 9.84. The number of carbonyl (C=O) groups is 1. The molecular weight excluding hydrogens is 267 g/mol. The molecule has 0 aliphatic carbocycles. The molecule has 114 valence electrons. The molecule has 4 heteroatoms. The van der Waals surface area contributed by atoms with Crippen molar-refractivity contribution in [2.24, 2.45) is 5.92 Å². The standard InChI is InChI=1S/C17H23FN2O/c1-11(2)7-16(21)20-10-17(3,4)14-9-19-15-8-12(18)5-6-13(14)15/h5-6,8-9,11,19H,7,10H2,1-4H3,(H,20,21). The van der Waals surface area contributed by atoms with Crippen molar-refractivity contribution < 1.29 is 9.18 Å². The van der Waals surface area contributed by atoms with E-state index in [4.69, 9.17) is 0 Å². The van der Waals surface area contributed by atoms with E-state index in [1.807, 2.05) is 20.0 Å². The molecule has 0 spiro atoms. The van der Waals surface area contributed by atoms with Gasteiger partial charge in [0.05, 0.1) is 0 Å². The van der Waals surface area contributed by atoms with E-state index < -0.39 is 0 Å². The van der Waals surface area contributed by atoms with Crippen molar-refractivity contribution in [3.8, 4) is 0 Å². The maximum absolute atomic E-state index is 13.2. The summed E-state index contributed by atoms with van der Waals surface area (Å²) < 4.78 is 13.2. The molecule has 0 bridgehead atoms. The molecule has 2 aromatic rings. The average molecular weight is 290 g/mol. The number of H-pyrrole nitrogens is 1. The minimum atomic E-state index is -0.251. The van der Waals surface area contributed by atoms with E-state index in [1.54, 1.807) is 6.07 Å². The molecule has 0 fully saturated rings. The van der Waals surface area contributed by atoms with E-state index in [2.05, 4.69) is 24.1 Å². The Morgan fingerprint density at radius 1 is 1.38 bits per heavy atom. The highest BCUT2D eigenvalue weighted by Gasteiger charge is 2.24. The summed E-state index contributed by atoms with van der Waals surface area (Å²) in [5, 5.41) is 3.99. The van der Waals surface area contributed by atoms with Crippen molar-refractivity contribution in [1.29, 1.82) is 0 Å². The fourth-order valence-electron chi connectivity index (χ4n) is 2.52. The van der Waals surface area contributed by atoms with Crippen LogP contribution in [-0.2, 0) is 10.2 Å². The van der Waals surface area contributed by atoms with Crippen LogP contribution in [0.15, 0.2) is 24.4 Å². The number of aromatic nitrogens is 1. The van der Waals surface area contributed by atoms with Crippen molar-refractivity contribution in [2.75, 3.05) is 6.54 Å². The summed E-state index contributed by atoms with van der Waals surface area (Å²) in [6.45, 7) is 8.77. The van der Waals surface area contributed by atoms with Gasteiger partial charge in [-0.3, -0.25) is 4.79 Å². The van der Waals surface area contributed by atoms with E-state index >= 15 is 0 Å². The van der Waals surface area contributed by atoms with Crippen molar-refractivity contribution in [3.63, 3.8) is 0 Å². The maximum atomic E-state index is 13.2. The molecule has 1 aromatic carbocycles. The molecule has 2 rings (SSSR count). The molecule has 0 saturated carbocycles. The van der Waals surface area contributed by atoms with Gasteiger partial charge in [0.2, 0.25) is 5.91 Å². The SMILES string of the molecule is CC(C)CC(=O)NCC(C)(C)c1c[nH]c2cc(F)ccc12. The van der Waals surface area contributed by atoms with Crippen LogP contribution in [-0.4, -0.2) is 17.4 Å². The molecule has 1 heterocycles. The smallest absolute Gasteiger partial charge is 0.220 e. The largest absolute Gasteiger partial charge is 0.361 e. The van der Waals surface area contributed by atoms with E-state index in [-0.39, 0.29) is 17.1 Å². The lowest BCUT2D eigenvalue weighted by molar-refractivity contribution is -0.122. The first-order valence-electron chi connectivity index (χ1n) is 7.33. The number of hydrogen-bond donors (Lipinski definition) is 2. The van der Waals surface area contributed by atoms with Gasteiger partial charge in [0.1, 0.15) is 5.82 Å². The Morgan fingerprint density at radius 2 is 2.10 bits per heavy atom. The Hall–Kier alpha value is -1.84. The minimum absolute atomic E-state index is 0.0731. The van der Waals surface area contributed by atoms with Crippen LogP contribution >= 0.6 is 0 Å². The van der Waals surface area contributed by atoms with Crippen molar-refractivity contribution in [2.45, 2.75) is 39.5 Å². The lowest BCUT2D eigenvalue weighted by Crippen LogP contribution is -2.37. The van der Waals surface area contributed by atoms with Crippen LogP contribution in [0.3, 0.4) is 0 Å². The molecule has 0 saturated heterocycles.